The summed E-state index contributed by atoms with van der Waals surface area (Å²) in [5, 5.41) is 14.4. The van der Waals surface area contributed by atoms with Gasteiger partial charge in [-0.3, -0.25) is 19.1 Å². The SMILES string of the molecule is NC(=O)Cn1cc(NC(=O)CC(=O)O)cn1. The van der Waals surface area contributed by atoms with Gasteiger partial charge in [0.15, 0.2) is 0 Å². The van der Waals surface area contributed by atoms with E-state index in [-0.39, 0.29) is 6.54 Å². The lowest BCUT2D eigenvalue weighted by Gasteiger charge is -1.98. The lowest BCUT2D eigenvalue weighted by atomic mass is 10.4. The summed E-state index contributed by atoms with van der Waals surface area (Å²) in [5.74, 6) is -2.44. The van der Waals surface area contributed by atoms with Crippen molar-refractivity contribution in [2.45, 2.75) is 13.0 Å². The van der Waals surface area contributed by atoms with E-state index >= 15 is 0 Å². The standard InChI is InChI=1S/C8H10N4O4/c9-6(13)4-12-3-5(2-10-12)11-7(14)1-8(15)16/h2-3H,1,4H2,(H2,9,13)(H,11,14)(H,15,16). The van der Waals surface area contributed by atoms with E-state index in [9.17, 15) is 14.4 Å². The van der Waals surface area contributed by atoms with Crippen LogP contribution < -0.4 is 11.1 Å². The van der Waals surface area contributed by atoms with Gasteiger partial charge >= 0.3 is 5.97 Å². The van der Waals surface area contributed by atoms with Gasteiger partial charge in [0.2, 0.25) is 11.8 Å². The number of carbonyl (C=O) groups is 3. The largest absolute Gasteiger partial charge is 0.481 e. The molecular weight excluding hydrogens is 216 g/mol. The van der Waals surface area contributed by atoms with Crippen molar-refractivity contribution in [2.75, 3.05) is 5.32 Å². The Labute approximate surface area is 90.0 Å². The number of primary amides is 1. The fourth-order valence-corrected chi connectivity index (χ4v) is 1.02. The molecule has 1 heterocycles. The highest BCUT2D eigenvalue weighted by Gasteiger charge is 2.09. The molecule has 0 bridgehead atoms. The van der Waals surface area contributed by atoms with Gasteiger partial charge in [0.25, 0.3) is 0 Å². The molecule has 8 heteroatoms. The van der Waals surface area contributed by atoms with Crippen molar-refractivity contribution in [3.8, 4) is 0 Å². The van der Waals surface area contributed by atoms with Crippen molar-refractivity contribution in [3.63, 3.8) is 0 Å². The Morgan fingerprint density at radius 2 is 2.19 bits per heavy atom. The lowest BCUT2D eigenvalue weighted by Crippen LogP contribution is -2.19. The summed E-state index contributed by atoms with van der Waals surface area (Å²) >= 11 is 0. The number of aromatic nitrogens is 2. The third kappa shape index (κ3) is 3.78. The van der Waals surface area contributed by atoms with Crippen LogP contribution in [0.25, 0.3) is 0 Å². The highest BCUT2D eigenvalue weighted by Crippen LogP contribution is 2.04. The Morgan fingerprint density at radius 3 is 2.75 bits per heavy atom. The second kappa shape index (κ2) is 4.91. The van der Waals surface area contributed by atoms with Gasteiger partial charge in [-0.2, -0.15) is 5.10 Å². The molecule has 0 unspecified atom stereocenters. The maximum Gasteiger partial charge on any atom is 0.312 e. The molecule has 16 heavy (non-hydrogen) atoms. The summed E-state index contributed by atoms with van der Waals surface area (Å²) < 4.78 is 1.23. The number of aliphatic carboxylic acids is 1. The highest BCUT2D eigenvalue weighted by atomic mass is 16.4. The Kier molecular flexibility index (Phi) is 3.59. The minimum Gasteiger partial charge on any atom is -0.481 e. The number of amides is 2. The van der Waals surface area contributed by atoms with Crippen molar-refractivity contribution in [1.82, 2.24) is 9.78 Å². The molecule has 86 valence electrons. The second-order valence-electron chi connectivity index (χ2n) is 3.01. The number of nitrogens with zero attached hydrogens (tertiary/aromatic N) is 2. The zero-order chi connectivity index (χ0) is 12.1. The van der Waals surface area contributed by atoms with Gasteiger partial charge in [-0.25, -0.2) is 0 Å². The van der Waals surface area contributed by atoms with Gasteiger partial charge in [-0.05, 0) is 0 Å². The van der Waals surface area contributed by atoms with Crippen molar-refractivity contribution in [3.05, 3.63) is 12.4 Å². The Bertz CT molecular complexity index is 425. The number of hydrogen-bond donors (Lipinski definition) is 3. The fraction of sp³-hybridized carbons (Fsp3) is 0.250. The van der Waals surface area contributed by atoms with Crippen LogP contribution in [-0.2, 0) is 20.9 Å². The smallest absolute Gasteiger partial charge is 0.312 e. The second-order valence-corrected chi connectivity index (χ2v) is 3.01. The summed E-state index contributed by atoms with van der Waals surface area (Å²) in [6.45, 7) is -0.102. The van der Waals surface area contributed by atoms with Crippen LogP contribution >= 0.6 is 0 Å². The number of nitrogens with two attached hydrogens (primary N) is 1. The molecule has 0 saturated heterocycles. The maximum atomic E-state index is 11.0. The molecule has 0 saturated carbocycles. The predicted octanol–water partition coefficient (Wildman–Crippen LogP) is -1.22. The van der Waals surface area contributed by atoms with Gasteiger partial charge in [0, 0.05) is 6.20 Å². The minimum absolute atomic E-state index is 0.102. The van der Waals surface area contributed by atoms with Crippen LogP contribution in [0.5, 0.6) is 0 Å². The quantitative estimate of drug-likeness (QED) is 0.542. The molecule has 1 rings (SSSR count). The predicted molar refractivity (Wildman–Crippen MR) is 52.3 cm³/mol. The number of hydrogen-bond acceptors (Lipinski definition) is 4. The number of rotatable bonds is 5. The van der Waals surface area contributed by atoms with Crippen molar-refractivity contribution < 1.29 is 19.5 Å². The zero-order valence-electron chi connectivity index (χ0n) is 8.21. The highest BCUT2D eigenvalue weighted by molar-refractivity contribution is 6.01. The van der Waals surface area contributed by atoms with Crippen molar-refractivity contribution in [1.29, 1.82) is 0 Å². The average Bonchev–Trinajstić information content (AvgIpc) is 2.49. The molecule has 0 aromatic carbocycles. The molecule has 1 aromatic heterocycles. The average molecular weight is 226 g/mol. The first kappa shape index (κ1) is 11.7. The number of carboxylic acid groups (broad SMARTS) is 1. The molecule has 0 atom stereocenters. The first-order valence-electron chi connectivity index (χ1n) is 4.30. The van der Waals surface area contributed by atoms with Gasteiger partial charge in [-0.15, -0.1) is 0 Å². The van der Waals surface area contributed by atoms with E-state index in [1.54, 1.807) is 0 Å². The maximum absolute atomic E-state index is 11.0. The molecule has 0 aliphatic heterocycles. The normalized spacial score (nSPS) is 9.75. The van der Waals surface area contributed by atoms with Crippen molar-refractivity contribution >= 4 is 23.5 Å². The monoisotopic (exact) mass is 226 g/mol. The topological polar surface area (TPSA) is 127 Å². The molecule has 1 aromatic rings. The minimum atomic E-state index is -1.22. The van der Waals surface area contributed by atoms with Gasteiger partial charge < -0.3 is 16.2 Å². The summed E-state index contributed by atoms with van der Waals surface area (Å²) in [7, 11) is 0. The Hall–Kier alpha value is -2.38. The van der Waals surface area contributed by atoms with E-state index in [0.29, 0.717) is 5.69 Å². The summed E-state index contributed by atoms with van der Waals surface area (Å²) in [6.07, 6.45) is 2.05. The van der Waals surface area contributed by atoms with Crippen LogP contribution in [0.1, 0.15) is 6.42 Å². The third-order valence-electron chi connectivity index (χ3n) is 1.55. The van der Waals surface area contributed by atoms with Crippen LogP contribution in [0.4, 0.5) is 5.69 Å². The molecule has 4 N–H and O–H groups in total. The molecule has 2 amide bonds. The van der Waals surface area contributed by atoms with E-state index in [1.165, 1.54) is 17.1 Å². The van der Waals surface area contributed by atoms with Crippen LogP contribution in [-0.4, -0.2) is 32.7 Å². The third-order valence-corrected chi connectivity index (χ3v) is 1.55. The lowest BCUT2D eigenvalue weighted by molar-refractivity contribution is -0.139. The molecule has 0 spiro atoms. The Morgan fingerprint density at radius 1 is 1.50 bits per heavy atom. The van der Waals surface area contributed by atoms with Gasteiger partial charge in [-0.1, -0.05) is 0 Å². The first-order valence-corrected chi connectivity index (χ1v) is 4.30. The number of anilines is 1. The number of carbonyl (C=O) groups excluding carboxylic acids is 2. The summed E-state index contributed by atoms with van der Waals surface area (Å²) in [6, 6.07) is 0. The number of carboxylic acids is 1. The molecule has 0 radical (unpaired) electrons. The van der Waals surface area contributed by atoms with E-state index < -0.39 is 24.2 Å². The molecule has 0 fully saturated rings. The van der Waals surface area contributed by atoms with Crippen LogP contribution in [0.15, 0.2) is 12.4 Å². The Balaban J connectivity index is 2.55. The van der Waals surface area contributed by atoms with Crippen LogP contribution in [0.3, 0.4) is 0 Å². The van der Waals surface area contributed by atoms with E-state index in [0.717, 1.165) is 0 Å². The molecule has 0 aliphatic carbocycles. The van der Waals surface area contributed by atoms with E-state index in [1.807, 2.05) is 0 Å². The van der Waals surface area contributed by atoms with E-state index in [2.05, 4.69) is 10.4 Å². The number of nitrogens with one attached hydrogen (secondary N) is 1. The fourth-order valence-electron chi connectivity index (χ4n) is 1.02. The van der Waals surface area contributed by atoms with Gasteiger partial charge in [0.05, 0.1) is 11.9 Å². The first-order chi connectivity index (χ1) is 7.47. The summed E-state index contributed by atoms with van der Waals surface area (Å²) in [5.41, 5.74) is 5.25. The van der Waals surface area contributed by atoms with Crippen LogP contribution in [0.2, 0.25) is 0 Å². The molecule has 8 nitrogen and oxygen atoms in total. The zero-order valence-corrected chi connectivity index (χ0v) is 8.21. The van der Waals surface area contributed by atoms with Crippen molar-refractivity contribution in [2.24, 2.45) is 5.73 Å². The molecular formula is C8H10N4O4. The summed E-state index contributed by atoms with van der Waals surface area (Å²) in [4.78, 5) is 31.8. The van der Waals surface area contributed by atoms with E-state index in [4.69, 9.17) is 10.8 Å². The van der Waals surface area contributed by atoms with Gasteiger partial charge in [0.1, 0.15) is 13.0 Å². The van der Waals surface area contributed by atoms with Crippen LogP contribution in [0, 0.1) is 0 Å². The molecule has 0 aliphatic rings.